The lowest BCUT2D eigenvalue weighted by Crippen LogP contribution is -2.31. The van der Waals surface area contributed by atoms with Gasteiger partial charge in [-0.3, -0.25) is 0 Å². The van der Waals surface area contributed by atoms with Gasteiger partial charge in [0.25, 0.3) is 0 Å². The number of alkyl halides is 3. The molecule has 0 spiro atoms. The van der Waals surface area contributed by atoms with Crippen LogP contribution in [0.2, 0.25) is 0 Å². The molecule has 0 rings (SSSR count). The summed E-state index contributed by atoms with van der Waals surface area (Å²) in [6, 6.07) is 0. The Labute approximate surface area is 105 Å². The van der Waals surface area contributed by atoms with Gasteiger partial charge in [-0.2, -0.15) is 13.2 Å². The Bertz CT molecular complexity index is 187. The summed E-state index contributed by atoms with van der Waals surface area (Å²) in [4.78, 5) is 0. The maximum atomic E-state index is 11.9. The summed E-state index contributed by atoms with van der Waals surface area (Å²) in [6.07, 6.45) is -4.06. The van der Waals surface area contributed by atoms with E-state index in [0.29, 0.717) is 5.41 Å². The molecule has 0 saturated heterocycles. The smallest absolute Gasteiger partial charge is 0.171 e. The van der Waals surface area contributed by atoms with Crippen molar-refractivity contribution in [1.82, 2.24) is 0 Å². The van der Waals surface area contributed by atoms with Crippen LogP contribution in [0.15, 0.2) is 0 Å². The Morgan fingerprint density at radius 2 is 0.882 bits per heavy atom. The van der Waals surface area contributed by atoms with Crippen molar-refractivity contribution in [3.05, 3.63) is 0 Å². The zero-order valence-electron chi connectivity index (χ0n) is 12.8. The molecule has 0 fully saturated rings. The van der Waals surface area contributed by atoms with E-state index in [-0.39, 0.29) is 0 Å². The van der Waals surface area contributed by atoms with Crippen molar-refractivity contribution in [2.24, 2.45) is 22.7 Å². The summed E-state index contributed by atoms with van der Waals surface area (Å²) < 4.78 is 35.8. The van der Waals surface area contributed by atoms with Crippen LogP contribution in [0.1, 0.15) is 62.3 Å². The van der Waals surface area contributed by atoms with Gasteiger partial charge in [0.05, 0.1) is 5.92 Å². The molecule has 0 amide bonds. The number of hydrogen-bond donors (Lipinski definition) is 0. The standard InChI is InChI=1S/C7H13F3.C7H16/c1-5(6(2,3)4)7(8,9)10;1-6(2)7(3,4)5/h5H,1-4H3;6H,1-5H3. The van der Waals surface area contributed by atoms with E-state index >= 15 is 0 Å². The maximum Gasteiger partial charge on any atom is 0.392 e. The summed E-state index contributed by atoms with van der Waals surface area (Å²) in [6.45, 7) is 17.3. The molecule has 1 atom stereocenters. The minimum Gasteiger partial charge on any atom is -0.171 e. The van der Waals surface area contributed by atoms with Gasteiger partial charge < -0.3 is 0 Å². The van der Waals surface area contributed by atoms with Crippen molar-refractivity contribution in [2.45, 2.75) is 68.5 Å². The van der Waals surface area contributed by atoms with Gasteiger partial charge in [-0.15, -0.1) is 0 Å². The molecule has 1 unspecified atom stereocenters. The number of hydrogen-bond acceptors (Lipinski definition) is 0. The van der Waals surface area contributed by atoms with Crippen LogP contribution in [0.3, 0.4) is 0 Å². The minimum atomic E-state index is -4.06. The quantitative estimate of drug-likeness (QED) is 0.503. The maximum absolute atomic E-state index is 11.9. The van der Waals surface area contributed by atoms with Crippen molar-refractivity contribution < 1.29 is 13.2 Å². The highest BCUT2D eigenvalue weighted by molar-refractivity contribution is 4.75. The van der Waals surface area contributed by atoms with Crippen LogP contribution in [0.5, 0.6) is 0 Å². The van der Waals surface area contributed by atoms with Crippen molar-refractivity contribution in [3.63, 3.8) is 0 Å². The van der Waals surface area contributed by atoms with Crippen molar-refractivity contribution >= 4 is 0 Å². The van der Waals surface area contributed by atoms with Crippen LogP contribution in [0, 0.1) is 22.7 Å². The SMILES string of the molecule is CC(C(C)(C)C)C(F)(F)F.CC(C)C(C)(C)C. The van der Waals surface area contributed by atoms with E-state index in [1.807, 2.05) is 0 Å². The number of halogens is 3. The van der Waals surface area contributed by atoms with Crippen LogP contribution in [-0.4, -0.2) is 6.18 Å². The molecule has 17 heavy (non-hydrogen) atoms. The summed E-state index contributed by atoms with van der Waals surface area (Å²) in [5.41, 5.74) is -0.182. The normalized spacial score (nSPS) is 15.4. The molecule has 0 nitrogen and oxygen atoms in total. The molecule has 3 heteroatoms. The van der Waals surface area contributed by atoms with E-state index in [1.54, 1.807) is 20.8 Å². The van der Waals surface area contributed by atoms with E-state index in [9.17, 15) is 13.2 Å². The Hall–Kier alpha value is -0.210. The lowest BCUT2D eigenvalue weighted by atomic mass is 9.82. The summed E-state index contributed by atoms with van der Waals surface area (Å²) >= 11 is 0. The van der Waals surface area contributed by atoms with Crippen LogP contribution >= 0.6 is 0 Å². The molecule has 0 bridgehead atoms. The molecule has 0 aromatic heterocycles. The van der Waals surface area contributed by atoms with Gasteiger partial charge in [-0.25, -0.2) is 0 Å². The van der Waals surface area contributed by atoms with Gasteiger partial charge in [-0.1, -0.05) is 62.3 Å². The zero-order chi connectivity index (χ0) is 14.7. The van der Waals surface area contributed by atoms with Crippen molar-refractivity contribution in [3.8, 4) is 0 Å². The van der Waals surface area contributed by atoms with Crippen molar-refractivity contribution in [2.75, 3.05) is 0 Å². The predicted octanol–water partition coefficient (Wildman–Crippen LogP) is 5.92. The second kappa shape index (κ2) is 6.10. The third-order valence-corrected chi connectivity index (χ3v) is 3.52. The first-order chi connectivity index (χ1) is 7.10. The van der Waals surface area contributed by atoms with Crippen LogP contribution in [0.4, 0.5) is 13.2 Å². The average molecular weight is 254 g/mol. The summed E-state index contributed by atoms with van der Waals surface area (Å²) in [5, 5.41) is 0. The van der Waals surface area contributed by atoms with E-state index in [4.69, 9.17) is 0 Å². The monoisotopic (exact) mass is 254 g/mol. The first kappa shape index (κ1) is 19.1. The third-order valence-electron chi connectivity index (χ3n) is 3.52. The highest BCUT2D eigenvalue weighted by atomic mass is 19.4. The van der Waals surface area contributed by atoms with Crippen molar-refractivity contribution in [1.29, 1.82) is 0 Å². The van der Waals surface area contributed by atoms with Gasteiger partial charge in [-0.05, 0) is 16.7 Å². The molecular weight excluding hydrogens is 225 g/mol. The Morgan fingerprint density at radius 3 is 0.882 bits per heavy atom. The highest BCUT2D eigenvalue weighted by Gasteiger charge is 2.42. The van der Waals surface area contributed by atoms with E-state index < -0.39 is 17.5 Å². The predicted molar refractivity (Wildman–Crippen MR) is 69.0 cm³/mol. The van der Waals surface area contributed by atoms with Gasteiger partial charge >= 0.3 is 6.18 Å². The molecule has 0 heterocycles. The first-order valence-corrected chi connectivity index (χ1v) is 6.17. The van der Waals surface area contributed by atoms with E-state index in [0.717, 1.165) is 5.92 Å². The van der Waals surface area contributed by atoms with Gasteiger partial charge in [0.2, 0.25) is 0 Å². The van der Waals surface area contributed by atoms with Gasteiger partial charge in [0.1, 0.15) is 0 Å². The van der Waals surface area contributed by atoms with Crippen LogP contribution in [0.25, 0.3) is 0 Å². The molecule has 106 valence electrons. The van der Waals surface area contributed by atoms with Gasteiger partial charge in [0.15, 0.2) is 0 Å². The van der Waals surface area contributed by atoms with E-state index in [2.05, 4.69) is 34.6 Å². The molecule has 0 radical (unpaired) electrons. The largest absolute Gasteiger partial charge is 0.392 e. The Kier molecular flexibility index (Phi) is 6.87. The molecule has 0 aliphatic rings. The molecule has 0 aromatic carbocycles. The summed E-state index contributed by atoms with van der Waals surface area (Å²) in [5.74, 6) is -0.438. The van der Waals surface area contributed by atoms with E-state index in [1.165, 1.54) is 6.92 Å². The average Bonchev–Trinajstić information content (AvgIpc) is 1.98. The highest BCUT2D eigenvalue weighted by Crippen LogP contribution is 2.38. The molecule has 0 aliphatic carbocycles. The summed E-state index contributed by atoms with van der Waals surface area (Å²) in [7, 11) is 0. The first-order valence-electron chi connectivity index (χ1n) is 6.17. The molecule has 0 aliphatic heterocycles. The fourth-order valence-corrected chi connectivity index (χ4v) is 0.491. The van der Waals surface area contributed by atoms with Crippen LogP contribution < -0.4 is 0 Å². The Balaban J connectivity index is 0. The zero-order valence-corrected chi connectivity index (χ0v) is 12.8. The molecule has 0 saturated carbocycles. The second-order valence-electron chi connectivity index (χ2n) is 7.15. The molecular formula is C14H29F3. The molecule has 0 aromatic rings. The van der Waals surface area contributed by atoms with Crippen LogP contribution in [-0.2, 0) is 0 Å². The lowest BCUT2D eigenvalue weighted by Gasteiger charge is -2.28. The fourth-order valence-electron chi connectivity index (χ4n) is 0.491. The second-order valence-corrected chi connectivity index (χ2v) is 7.15. The topological polar surface area (TPSA) is 0 Å². The lowest BCUT2D eigenvalue weighted by molar-refractivity contribution is -0.194. The third kappa shape index (κ3) is 9.49. The molecule has 0 N–H and O–H groups in total. The fraction of sp³-hybridized carbons (Fsp3) is 1.00. The van der Waals surface area contributed by atoms with Gasteiger partial charge in [0, 0.05) is 0 Å². The minimum absolute atomic E-state index is 0.500. The Morgan fingerprint density at radius 1 is 0.647 bits per heavy atom. The number of rotatable bonds is 0.